The van der Waals surface area contributed by atoms with Gasteiger partial charge in [-0.15, -0.1) is 0 Å². The van der Waals surface area contributed by atoms with Crippen molar-refractivity contribution in [2.45, 2.75) is 31.5 Å². The number of hydrogen-bond acceptors (Lipinski definition) is 5. The van der Waals surface area contributed by atoms with Crippen molar-refractivity contribution in [1.29, 1.82) is 5.41 Å². The fourth-order valence-electron chi connectivity index (χ4n) is 3.04. The second-order valence-electron chi connectivity index (χ2n) is 6.31. The quantitative estimate of drug-likeness (QED) is 0.696. The molecule has 0 radical (unpaired) electrons. The fourth-order valence-corrected chi connectivity index (χ4v) is 3.04. The predicted octanol–water partition coefficient (Wildman–Crippen LogP) is 2.97. The Kier molecular flexibility index (Phi) is 5.59. The van der Waals surface area contributed by atoms with Crippen LogP contribution in [0.4, 0.5) is 19.0 Å². The Morgan fingerprint density at radius 2 is 2.15 bits per heavy atom. The van der Waals surface area contributed by atoms with Crippen LogP contribution in [0, 0.1) is 5.41 Å². The number of rotatable bonds is 5. The first kappa shape index (κ1) is 19.1. The zero-order chi connectivity index (χ0) is 19.4. The molecule has 27 heavy (non-hydrogen) atoms. The molecule has 1 aliphatic rings. The van der Waals surface area contributed by atoms with Crippen molar-refractivity contribution in [3.05, 3.63) is 57.1 Å². The summed E-state index contributed by atoms with van der Waals surface area (Å²) in [6.07, 6.45) is -2.12. The maximum Gasteiger partial charge on any atom is 0.416 e. The molecular formula is C18H19F3N4O2. The summed E-state index contributed by atoms with van der Waals surface area (Å²) in [5, 5.41) is 10.5. The second-order valence-corrected chi connectivity index (χ2v) is 6.31. The van der Waals surface area contributed by atoms with Crippen LogP contribution < -0.4 is 10.9 Å². The van der Waals surface area contributed by atoms with E-state index in [0.29, 0.717) is 13.2 Å². The highest BCUT2D eigenvalue weighted by Gasteiger charge is 2.33. The number of ether oxygens (including phenoxy) is 1. The van der Waals surface area contributed by atoms with Gasteiger partial charge in [0.05, 0.1) is 23.8 Å². The number of halogens is 3. The number of anilines is 1. The number of aromatic amines is 1. The van der Waals surface area contributed by atoms with Crippen molar-refractivity contribution in [3.8, 4) is 0 Å². The number of nitrogens with zero attached hydrogens (tertiary/aromatic N) is 1. The topological polar surface area (TPSA) is 90.9 Å². The summed E-state index contributed by atoms with van der Waals surface area (Å²) in [4.78, 5) is 19.0. The van der Waals surface area contributed by atoms with Crippen LogP contribution in [0.1, 0.15) is 35.4 Å². The minimum absolute atomic E-state index is 0.0164. The minimum Gasteiger partial charge on any atom is -0.379 e. The van der Waals surface area contributed by atoms with E-state index in [1.807, 2.05) is 0 Å². The molecule has 3 rings (SSSR count). The van der Waals surface area contributed by atoms with Gasteiger partial charge in [0, 0.05) is 19.2 Å². The average Bonchev–Trinajstić information content (AvgIpc) is 2.62. The molecule has 6 nitrogen and oxygen atoms in total. The molecule has 3 N–H and O–H groups in total. The van der Waals surface area contributed by atoms with E-state index in [0.717, 1.165) is 25.1 Å². The number of hydrogen-bond donors (Lipinski definition) is 3. The Morgan fingerprint density at radius 1 is 1.37 bits per heavy atom. The maximum absolute atomic E-state index is 13.2. The van der Waals surface area contributed by atoms with Crippen molar-refractivity contribution in [3.63, 3.8) is 0 Å². The van der Waals surface area contributed by atoms with Gasteiger partial charge in [0.15, 0.2) is 0 Å². The first-order chi connectivity index (χ1) is 12.9. The Labute approximate surface area is 153 Å². The van der Waals surface area contributed by atoms with E-state index in [1.165, 1.54) is 18.2 Å². The van der Waals surface area contributed by atoms with Gasteiger partial charge in [-0.05, 0) is 24.5 Å². The zero-order valence-corrected chi connectivity index (χ0v) is 14.4. The van der Waals surface area contributed by atoms with E-state index < -0.39 is 17.3 Å². The lowest BCUT2D eigenvalue weighted by Gasteiger charge is -2.24. The first-order valence-electron chi connectivity index (χ1n) is 8.51. The van der Waals surface area contributed by atoms with Gasteiger partial charge in [-0.3, -0.25) is 4.79 Å². The number of H-pyrrole nitrogens is 1. The molecule has 1 aromatic carbocycles. The predicted molar refractivity (Wildman–Crippen MR) is 94.5 cm³/mol. The molecule has 144 valence electrons. The standard InChI is InChI=1S/C18H19F3N4O2/c19-18(20,21)14-6-2-1-4-11(14)8-15-24-16(13(9-22)17(26)25-15)23-12-5-3-7-27-10-12/h1-2,4,6,9,12,22H,3,5,7-8,10H2,(H2,23,24,25,26). The van der Waals surface area contributed by atoms with Crippen LogP contribution >= 0.6 is 0 Å². The molecule has 0 amide bonds. The number of nitrogens with one attached hydrogen (secondary N) is 3. The largest absolute Gasteiger partial charge is 0.416 e. The maximum atomic E-state index is 13.2. The molecule has 9 heteroatoms. The Bertz CT molecular complexity index is 874. The number of alkyl halides is 3. The van der Waals surface area contributed by atoms with Gasteiger partial charge in [-0.25, -0.2) is 4.98 Å². The normalized spacial score (nSPS) is 17.5. The van der Waals surface area contributed by atoms with E-state index in [1.54, 1.807) is 0 Å². The monoisotopic (exact) mass is 380 g/mol. The molecular weight excluding hydrogens is 361 g/mol. The summed E-state index contributed by atoms with van der Waals surface area (Å²) in [5.41, 5.74) is -1.28. The second kappa shape index (κ2) is 7.91. The summed E-state index contributed by atoms with van der Waals surface area (Å²) in [5.74, 6) is 0.283. The highest BCUT2D eigenvalue weighted by Crippen LogP contribution is 2.32. The lowest BCUT2D eigenvalue weighted by Crippen LogP contribution is -2.32. The van der Waals surface area contributed by atoms with E-state index in [4.69, 9.17) is 10.1 Å². The van der Waals surface area contributed by atoms with Gasteiger partial charge in [0.1, 0.15) is 11.6 Å². The fraction of sp³-hybridized carbons (Fsp3) is 0.389. The van der Waals surface area contributed by atoms with Gasteiger partial charge in [0.2, 0.25) is 0 Å². The number of benzene rings is 1. The molecule has 1 saturated heterocycles. The smallest absolute Gasteiger partial charge is 0.379 e. The van der Waals surface area contributed by atoms with Gasteiger partial charge in [-0.1, -0.05) is 18.2 Å². The van der Waals surface area contributed by atoms with Gasteiger partial charge in [0.25, 0.3) is 5.56 Å². The molecule has 1 aromatic heterocycles. The minimum atomic E-state index is -4.49. The molecule has 1 aliphatic heterocycles. The van der Waals surface area contributed by atoms with Crippen molar-refractivity contribution < 1.29 is 17.9 Å². The van der Waals surface area contributed by atoms with E-state index in [2.05, 4.69) is 15.3 Å². The highest BCUT2D eigenvalue weighted by molar-refractivity contribution is 5.83. The third kappa shape index (κ3) is 4.54. The average molecular weight is 380 g/mol. The van der Waals surface area contributed by atoms with Crippen molar-refractivity contribution in [2.75, 3.05) is 18.5 Å². The summed E-state index contributed by atoms with van der Waals surface area (Å²) in [6.45, 7) is 1.11. The summed E-state index contributed by atoms with van der Waals surface area (Å²) in [7, 11) is 0. The number of aromatic nitrogens is 2. The van der Waals surface area contributed by atoms with E-state index >= 15 is 0 Å². The third-order valence-electron chi connectivity index (χ3n) is 4.33. The molecule has 0 aliphatic carbocycles. The molecule has 0 bridgehead atoms. The van der Waals surface area contributed by atoms with E-state index in [-0.39, 0.29) is 35.2 Å². The summed E-state index contributed by atoms with van der Waals surface area (Å²) < 4.78 is 44.9. The molecule has 1 unspecified atom stereocenters. The van der Waals surface area contributed by atoms with Gasteiger partial charge >= 0.3 is 6.18 Å². The van der Waals surface area contributed by atoms with Crippen LogP contribution in [0.5, 0.6) is 0 Å². The Morgan fingerprint density at radius 3 is 2.81 bits per heavy atom. The van der Waals surface area contributed by atoms with Crippen LogP contribution in [0.15, 0.2) is 29.1 Å². The van der Waals surface area contributed by atoms with Crippen molar-refractivity contribution in [2.24, 2.45) is 0 Å². The molecule has 1 atom stereocenters. The van der Waals surface area contributed by atoms with Crippen LogP contribution in [0.3, 0.4) is 0 Å². The van der Waals surface area contributed by atoms with Gasteiger partial charge < -0.3 is 20.4 Å². The molecule has 0 saturated carbocycles. The lowest BCUT2D eigenvalue weighted by molar-refractivity contribution is -0.138. The molecule has 1 fully saturated rings. The lowest BCUT2D eigenvalue weighted by atomic mass is 10.0. The van der Waals surface area contributed by atoms with Crippen LogP contribution in [-0.2, 0) is 17.3 Å². The summed E-state index contributed by atoms with van der Waals surface area (Å²) >= 11 is 0. The van der Waals surface area contributed by atoms with Crippen LogP contribution in [-0.4, -0.2) is 35.4 Å². The molecule has 2 heterocycles. The third-order valence-corrected chi connectivity index (χ3v) is 4.33. The molecule has 2 aromatic rings. The Hall–Kier alpha value is -2.68. The summed E-state index contributed by atoms with van der Waals surface area (Å²) in [6, 6.07) is 5.11. The first-order valence-corrected chi connectivity index (χ1v) is 8.51. The Balaban J connectivity index is 1.93. The van der Waals surface area contributed by atoms with Crippen molar-refractivity contribution in [1.82, 2.24) is 9.97 Å². The molecule has 0 spiro atoms. The van der Waals surface area contributed by atoms with Gasteiger partial charge in [-0.2, -0.15) is 13.2 Å². The van der Waals surface area contributed by atoms with Crippen LogP contribution in [0.2, 0.25) is 0 Å². The highest BCUT2D eigenvalue weighted by atomic mass is 19.4. The zero-order valence-electron chi connectivity index (χ0n) is 14.4. The van der Waals surface area contributed by atoms with Crippen molar-refractivity contribution >= 4 is 12.0 Å². The SMILES string of the molecule is N=Cc1c(NC2CCCOC2)nc(Cc2ccccc2C(F)(F)F)[nH]c1=O. The van der Waals surface area contributed by atoms with Crippen LogP contribution in [0.25, 0.3) is 0 Å². The van der Waals surface area contributed by atoms with E-state index in [9.17, 15) is 18.0 Å².